The van der Waals surface area contributed by atoms with E-state index in [4.69, 9.17) is 9.84 Å². The van der Waals surface area contributed by atoms with E-state index in [1.807, 2.05) is 13.8 Å². The van der Waals surface area contributed by atoms with Crippen molar-refractivity contribution in [3.05, 3.63) is 59.8 Å². The summed E-state index contributed by atoms with van der Waals surface area (Å²) >= 11 is 0. The van der Waals surface area contributed by atoms with Gasteiger partial charge in [0.1, 0.15) is 5.82 Å². The Balaban J connectivity index is 1.88. The topological polar surface area (TPSA) is 60.3 Å². The molecule has 0 spiro atoms. The quantitative estimate of drug-likeness (QED) is 0.686. The monoisotopic (exact) mass is 380 g/mol. The van der Waals surface area contributed by atoms with Gasteiger partial charge in [-0.1, -0.05) is 6.07 Å². The average molecular weight is 380 g/mol. The van der Waals surface area contributed by atoms with E-state index in [2.05, 4.69) is 4.98 Å². The lowest BCUT2D eigenvalue weighted by molar-refractivity contribution is 0.154. The van der Waals surface area contributed by atoms with Gasteiger partial charge >= 0.3 is 6.09 Å². The number of carbonyl (C=O) groups excluding carboxylic acids is 1. The van der Waals surface area contributed by atoms with Crippen molar-refractivity contribution >= 4 is 6.09 Å². The highest BCUT2D eigenvalue weighted by atomic mass is 19.1. The molecule has 28 heavy (non-hydrogen) atoms. The maximum Gasteiger partial charge on any atom is 0.416 e. The van der Waals surface area contributed by atoms with E-state index in [-0.39, 0.29) is 5.82 Å². The minimum absolute atomic E-state index is 0.273. The Kier molecular flexibility index (Phi) is 4.81. The molecular formula is C21H21FN4O2. The fourth-order valence-electron chi connectivity index (χ4n) is 3.54. The Labute approximate surface area is 162 Å². The van der Waals surface area contributed by atoms with Crippen molar-refractivity contribution in [3.63, 3.8) is 0 Å². The minimum atomic E-state index is -0.433. The van der Waals surface area contributed by atoms with Gasteiger partial charge in [-0.3, -0.25) is 4.98 Å². The molecule has 2 aromatic heterocycles. The SMILES string of the molecule is CCN(CC)C(=O)Oc1c2c(nn1-c1ccncc1)CCc1cc(F)ccc1-2. The van der Waals surface area contributed by atoms with Gasteiger partial charge in [0.05, 0.1) is 16.9 Å². The van der Waals surface area contributed by atoms with E-state index in [0.29, 0.717) is 31.8 Å². The molecule has 0 saturated carbocycles. The second-order valence-corrected chi connectivity index (χ2v) is 6.59. The normalized spacial score (nSPS) is 12.2. The van der Waals surface area contributed by atoms with Gasteiger partial charge in [-0.25, -0.2) is 9.18 Å². The Morgan fingerprint density at radius 2 is 1.93 bits per heavy atom. The summed E-state index contributed by atoms with van der Waals surface area (Å²) in [6.45, 7) is 4.89. The fourth-order valence-corrected chi connectivity index (χ4v) is 3.54. The van der Waals surface area contributed by atoms with Crippen LogP contribution in [0.4, 0.5) is 9.18 Å². The first-order chi connectivity index (χ1) is 13.6. The average Bonchev–Trinajstić information content (AvgIpc) is 3.08. The van der Waals surface area contributed by atoms with Crippen molar-refractivity contribution in [1.29, 1.82) is 0 Å². The summed E-state index contributed by atoms with van der Waals surface area (Å²) in [4.78, 5) is 18.3. The number of hydrogen-bond acceptors (Lipinski definition) is 4. The molecule has 7 heteroatoms. The van der Waals surface area contributed by atoms with Crippen molar-refractivity contribution in [2.75, 3.05) is 13.1 Å². The zero-order chi connectivity index (χ0) is 19.7. The van der Waals surface area contributed by atoms with Crippen LogP contribution in [0.1, 0.15) is 25.1 Å². The lowest BCUT2D eigenvalue weighted by Gasteiger charge is -2.20. The highest BCUT2D eigenvalue weighted by molar-refractivity contribution is 5.81. The van der Waals surface area contributed by atoms with Crippen LogP contribution in [0.3, 0.4) is 0 Å². The summed E-state index contributed by atoms with van der Waals surface area (Å²) in [5.74, 6) is 0.0797. The molecule has 0 radical (unpaired) electrons. The van der Waals surface area contributed by atoms with Gasteiger partial charge < -0.3 is 9.64 Å². The molecule has 1 aliphatic rings. The van der Waals surface area contributed by atoms with E-state index in [1.165, 1.54) is 12.1 Å². The van der Waals surface area contributed by atoms with Gasteiger partial charge in [0, 0.05) is 25.5 Å². The lowest BCUT2D eigenvalue weighted by Crippen LogP contribution is -2.33. The summed E-state index contributed by atoms with van der Waals surface area (Å²) in [6, 6.07) is 8.30. The van der Waals surface area contributed by atoms with Gasteiger partial charge in [-0.2, -0.15) is 9.78 Å². The number of nitrogens with zero attached hydrogens (tertiary/aromatic N) is 4. The molecule has 2 heterocycles. The molecule has 4 rings (SSSR count). The largest absolute Gasteiger partial charge is 0.416 e. The third-order valence-electron chi connectivity index (χ3n) is 5.00. The maximum atomic E-state index is 13.7. The second kappa shape index (κ2) is 7.42. The molecular weight excluding hydrogens is 359 g/mol. The summed E-state index contributed by atoms with van der Waals surface area (Å²) in [7, 11) is 0. The summed E-state index contributed by atoms with van der Waals surface area (Å²) in [5, 5.41) is 4.71. The zero-order valence-corrected chi connectivity index (χ0v) is 15.9. The smallest absolute Gasteiger partial charge is 0.390 e. The van der Waals surface area contributed by atoms with Crippen LogP contribution >= 0.6 is 0 Å². The number of aromatic nitrogens is 3. The van der Waals surface area contributed by atoms with Crippen LogP contribution in [0.15, 0.2) is 42.7 Å². The number of ether oxygens (including phenoxy) is 1. The second-order valence-electron chi connectivity index (χ2n) is 6.59. The molecule has 0 aliphatic heterocycles. The number of fused-ring (bicyclic) bond motifs is 3. The van der Waals surface area contributed by atoms with Crippen LogP contribution in [0.2, 0.25) is 0 Å². The van der Waals surface area contributed by atoms with E-state index in [1.54, 1.807) is 40.2 Å². The predicted octanol–water partition coefficient (Wildman–Crippen LogP) is 4.01. The summed E-state index contributed by atoms with van der Waals surface area (Å²) in [6.07, 6.45) is 4.23. The molecule has 0 N–H and O–H groups in total. The van der Waals surface area contributed by atoms with Crippen LogP contribution in [-0.2, 0) is 12.8 Å². The molecule has 3 aromatic rings. The third kappa shape index (κ3) is 3.13. The van der Waals surface area contributed by atoms with Gasteiger partial charge in [0.25, 0.3) is 0 Å². The first kappa shape index (κ1) is 18.2. The van der Waals surface area contributed by atoms with Crippen LogP contribution in [0.5, 0.6) is 5.88 Å². The van der Waals surface area contributed by atoms with Crippen molar-refractivity contribution in [3.8, 4) is 22.7 Å². The van der Waals surface area contributed by atoms with Crippen molar-refractivity contribution in [1.82, 2.24) is 19.7 Å². The van der Waals surface area contributed by atoms with Gasteiger partial charge in [-0.05, 0) is 62.1 Å². The van der Waals surface area contributed by atoms with E-state index >= 15 is 0 Å². The molecule has 1 amide bonds. The number of carbonyl (C=O) groups is 1. The van der Waals surface area contributed by atoms with Crippen LogP contribution in [0, 0.1) is 5.82 Å². The molecule has 144 valence electrons. The van der Waals surface area contributed by atoms with Crippen molar-refractivity contribution in [2.45, 2.75) is 26.7 Å². The first-order valence-corrected chi connectivity index (χ1v) is 9.40. The van der Waals surface area contributed by atoms with Crippen LogP contribution in [0.25, 0.3) is 16.8 Å². The molecule has 6 nitrogen and oxygen atoms in total. The third-order valence-corrected chi connectivity index (χ3v) is 5.00. The number of amides is 1. The molecule has 1 aliphatic carbocycles. The highest BCUT2D eigenvalue weighted by Crippen LogP contribution is 2.41. The van der Waals surface area contributed by atoms with Gasteiger partial charge in [0.15, 0.2) is 0 Å². The molecule has 0 fully saturated rings. The zero-order valence-electron chi connectivity index (χ0n) is 15.9. The lowest BCUT2D eigenvalue weighted by atomic mass is 9.89. The summed E-state index contributed by atoms with van der Waals surface area (Å²) in [5.41, 5.74) is 4.07. The molecule has 1 aromatic carbocycles. The number of rotatable bonds is 4. The van der Waals surface area contributed by atoms with Crippen LogP contribution in [-0.4, -0.2) is 38.8 Å². The van der Waals surface area contributed by atoms with Gasteiger partial charge in [0.2, 0.25) is 5.88 Å². The van der Waals surface area contributed by atoms with E-state index < -0.39 is 6.09 Å². The molecule has 0 unspecified atom stereocenters. The van der Waals surface area contributed by atoms with E-state index in [0.717, 1.165) is 28.1 Å². The summed E-state index contributed by atoms with van der Waals surface area (Å²) < 4.78 is 21.2. The Bertz CT molecular complexity index is 1010. The minimum Gasteiger partial charge on any atom is -0.390 e. The highest BCUT2D eigenvalue weighted by Gasteiger charge is 2.29. The number of benzene rings is 1. The Hall–Kier alpha value is -3.22. The van der Waals surface area contributed by atoms with Crippen molar-refractivity contribution < 1.29 is 13.9 Å². The van der Waals surface area contributed by atoms with Crippen LogP contribution < -0.4 is 4.74 Å². The number of aryl methyl sites for hydroxylation is 2. The van der Waals surface area contributed by atoms with Gasteiger partial charge in [-0.15, -0.1) is 0 Å². The van der Waals surface area contributed by atoms with Crippen molar-refractivity contribution in [2.24, 2.45) is 0 Å². The number of hydrogen-bond donors (Lipinski definition) is 0. The Morgan fingerprint density at radius 1 is 1.18 bits per heavy atom. The number of pyridine rings is 1. The first-order valence-electron chi connectivity index (χ1n) is 9.40. The molecule has 0 bridgehead atoms. The number of halogens is 1. The fraction of sp³-hybridized carbons (Fsp3) is 0.286. The predicted molar refractivity (Wildman–Crippen MR) is 103 cm³/mol. The molecule has 0 atom stereocenters. The molecule has 0 saturated heterocycles. The Morgan fingerprint density at radius 3 is 2.64 bits per heavy atom. The standard InChI is InChI=1S/C21H21FN4O2/c1-3-25(4-2)21(27)28-20-19-17-7-6-15(22)13-14(17)5-8-18(19)24-26(20)16-9-11-23-12-10-16/h6-7,9-13H,3-5,8H2,1-2H3. The maximum absolute atomic E-state index is 13.7. The van der Waals surface area contributed by atoms with E-state index in [9.17, 15) is 9.18 Å².